The summed E-state index contributed by atoms with van der Waals surface area (Å²) in [6.45, 7) is 1.91. The highest BCUT2D eigenvalue weighted by molar-refractivity contribution is 6.02. The zero-order valence-corrected chi connectivity index (χ0v) is 17.0. The maximum atomic E-state index is 12.8. The number of amides is 2. The minimum absolute atomic E-state index is 0.0697. The van der Waals surface area contributed by atoms with Gasteiger partial charge in [-0.3, -0.25) is 4.90 Å². The number of urea groups is 1. The van der Waals surface area contributed by atoms with Crippen LogP contribution in [0.1, 0.15) is 11.1 Å². The number of rotatable bonds is 6. The third-order valence-corrected chi connectivity index (χ3v) is 5.08. The smallest absolute Gasteiger partial charge is 0.326 e. The number of hydrogen-bond acceptors (Lipinski definition) is 5. The van der Waals surface area contributed by atoms with Crippen molar-refractivity contribution in [2.45, 2.75) is 13.5 Å². The van der Waals surface area contributed by atoms with Gasteiger partial charge in [0.15, 0.2) is 0 Å². The lowest BCUT2D eigenvalue weighted by atomic mass is 10.1. The van der Waals surface area contributed by atoms with Gasteiger partial charge in [0.2, 0.25) is 0 Å². The first-order chi connectivity index (χ1) is 15.1. The van der Waals surface area contributed by atoms with Gasteiger partial charge in [-0.05, 0) is 42.3 Å². The van der Waals surface area contributed by atoms with Crippen molar-refractivity contribution in [1.29, 1.82) is 0 Å². The highest BCUT2D eigenvalue weighted by Crippen LogP contribution is 2.28. The number of aromatic nitrogens is 3. The Balaban J connectivity index is 1.54. The number of nitrogens with zero attached hydrogens (tertiary/aromatic N) is 3. The van der Waals surface area contributed by atoms with Crippen molar-refractivity contribution in [3.63, 3.8) is 0 Å². The minimum atomic E-state index is -0.357. The van der Waals surface area contributed by atoms with Gasteiger partial charge in [0.05, 0.1) is 25.5 Å². The molecule has 2 aromatic carbocycles. The Morgan fingerprint density at radius 2 is 1.81 bits per heavy atom. The second-order valence-corrected chi connectivity index (χ2v) is 7.12. The fourth-order valence-corrected chi connectivity index (χ4v) is 3.47. The summed E-state index contributed by atoms with van der Waals surface area (Å²) >= 11 is 0. The number of aliphatic hydroxyl groups is 2. The first kappa shape index (κ1) is 20.5. The molecule has 0 bridgehead atoms. The van der Waals surface area contributed by atoms with Crippen LogP contribution in [0.2, 0.25) is 0 Å². The Morgan fingerprint density at radius 3 is 2.48 bits per heavy atom. The normalized spacial score (nSPS) is 10.9. The lowest BCUT2D eigenvalue weighted by molar-refractivity contribution is 0.252. The lowest BCUT2D eigenvalue weighted by Crippen LogP contribution is -2.37. The van der Waals surface area contributed by atoms with Crippen molar-refractivity contribution in [2.75, 3.05) is 23.4 Å². The van der Waals surface area contributed by atoms with Crippen LogP contribution in [0.25, 0.3) is 22.3 Å². The number of hydrogen-bond donors (Lipinski definition) is 4. The number of benzene rings is 2. The van der Waals surface area contributed by atoms with Crippen LogP contribution >= 0.6 is 0 Å². The van der Waals surface area contributed by atoms with Gasteiger partial charge in [-0.15, -0.1) is 0 Å². The summed E-state index contributed by atoms with van der Waals surface area (Å²) < 4.78 is 0. The molecule has 0 atom stereocenters. The van der Waals surface area contributed by atoms with E-state index in [0.29, 0.717) is 11.4 Å². The lowest BCUT2D eigenvalue weighted by Gasteiger charge is -2.22. The van der Waals surface area contributed by atoms with Gasteiger partial charge in [-0.1, -0.05) is 24.3 Å². The molecule has 0 aliphatic heterocycles. The van der Waals surface area contributed by atoms with E-state index in [1.807, 2.05) is 37.4 Å². The Morgan fingerprint density at radius 1 is 1.06 bits per heavy atom. The largest absolute Gasteiger partial charge is 0.395 e. The molecule has 0 saturated carbocycles. The van der Waals surface area contributed by atoms with E-state index in [-0.39, 0.29) is 25.8 Å². The van der Waals surface area contributed by atoms with Gasteiger partial charge in [-0.2, -0.15) is 0 Å². The third-order valence-electron chi connectivity index (χ3n) is 5.08. The second-order valence-electron chi connectivity index (χ2n) is 7.12. The summed E-state index contributed by atoms with van der Waals surface area (Å²) in [5, 5.41) is 22.4. The predicted molar refractivity (Wildman–Crippen MR) is 120 cm³/mol. The molecule has 31 heavy (non-hydrogen) atoms. The number of anilines is 2. The summed E-state index contributed by atoms with van der Waals surface area (Å²) in [7, 11) is 0. The van der Waals surface area contributed by atoms with Crippen LogP contribution in [0.15, 0.2) is 61.1 Å². The molecule has 2 amide bonds. The van der Waals surface area contributed by atoms with Crippen LogP contribution in [0.4, 0.5) is 16.2 Å². The average molecular weight is 417 g/mol. The summed E-state index contributed by atoms with van der Waals surface area (Å²) in [6.07, 6.45) is 3.43. The number of aliphatic hydroxyl groups excluding tert-OH is 2. The SMILES string of the molecule is Cc1c[nH]c2ncnc(-c3ccc(NC(=O)N(CCO)c4ccc(CO)cc4)cc3)c12. The van der Waals surface area contributed by atoms with Crippen LogP contribution in [-0.2, 0) is 6.61 Å². The zero-order valence-electron chi connectivity index (χ0n) is 17.0. The van der Waals surface area contributed by atoms with Gasteiger partial charge in [0.25, 0.3) is 0 Å². The molecule has 0 saturated heterocycles. The fraction of sp³-hybridized carbons (Fsp3) is 0.174. The van der Waals surface area contributed by atoms with Crippen LogP contribution < -0.4 is 10.2 Å². The van der Waals surface area contributed by atoms with E-state index in [0.717, 1.165) is 33.4 Å². The van der Waals surface area contributed by atoms with Gasteiger partial charge >= 0.3 is 6.03 Å². The molecule has 0 aliphatic rings. The first-order valence-electron chi connectivity index (χ1n) is 9.89. The molecule has 4 N–H and O–H groups in total. The van der Waals surface area contributed by atoms with E-state index in [1.54, 1.807) is 24.3 Å². The number of aryl methyl sites for hydroxylation is 1. The molecule has 8 nitrogen and oxygen atoms in total. The maximum Gasteiger partial charge on any atom is 0.326 e. The molecule has 0 fully saturated rings. The van der Waals surface area contributed by atoms with E-state index in [9.17, 15) is 15.0 Å². The zero-order chi connectivity index (χ0) is 21.8. The Kier molecular flexibility index (Phi) is 5.92. The molecular formula is C23H23N5O3. The monoisotopic (exact) mass is 417 g/mol. The number of carbonyl (C=O) groups excluding carboxylic acids is 1. The quantitative estimate of drug-likeness (QED) is 0.384. The molecule has 2 aromatic heterocycles. The summed E-state index contributed by atoms with van der Waals surface area (Å²) in [6, 6.07) is 14.0. The van der Waals surface area contributed by atoms with Gasteiger partial charge in [0.1, 0.15) is 12.0 Å². The molecule has 0 spiro atoms. The Hall–Kier alpha value is -3.75. The molecular weight excluding hydrogens is 394 g/mol. The molecule has 8 heteroatoms. The molecule has 158 valence electrons. The summed E-state index contributed by atoms with van der Waals surface area (Å²) in [4.78, 5) is 26.1. The number of nitrogens with one attached hydrogen (secondary N) is 2. The van der Waals surface area contributed by atoms with Crippen LogP contribution in [0.3, 0.4) is 0 Å². The highest BCUT2D eigenvalue weighted by Gasteiger charge is 2.16. The fourth-order valence-electron chi connectivity index (χ4n) is 3.47. The molecule has 4 rings (SSSR count). The van der Waals surface area contributed by atoms with Crippen molar-refractivity contribution < 1.29 is 15.0 Å². The standard InChI is InChI=1S/C23H23N5O3/c1-15-12-24-22-20(15)21(25-14-26-22)17-4-6-18(7-5-17)27-23(31)28(10-11-29)19-8-2-16(13-30)3-9-19/h2-9,12,14,29-30H,10-11,13H2,1H3,(H,27,31)(H,24,25,26). The van der Waals surface area contributed by atoms with E-state index in [2.05, 4.69) is 20.3 Å². The van der Waals surface area contributed by atoms with Crippen molar-refractivity contribution in [3.05, 3.63) is 72.2 Å². The number of aromatic amines is 1. The number of carbonyl (C=O) groups is 1. The first-order valence-corrected chi connectivity index (χ1v) is 9.89. The molecule has 2 heterocycles. The highest BCUT2D eigenvalue weighted by atomic mass is 16.3. The maximum absolute atomic E-state index is 12.8. The van der Waals surface area contributed by atoms with Crippen LogP contribution in [0.5, 0.6) is 0 Å². The van der Waals surface area contributed by atoms with Gasteiger partial charge in [0, 0.05) is 28.5 Å². The van der Waals surface area contributed by atoms with Crippen molar-refractivity contribution in [2.24, 2.45) is 0 Å². The van der Waals surface area contributed by atoms with Gasteiger partial charge in [-0.25, -0.2) is 14.8 Å². The average Bonchev–Trinajstić information content (AvgIpc) is 3.19. The molecule has 0 radical (unpaired) electrons. The summed E-state index contributed by atoms with van der Waals surface area (Å²) in [5.41, 5.74) is 5.60. The summed E-state index contributed by atoms with van der Waals surface area (Å²) in [5.74, 6) is 0. The number of H-pyrrole nitrogens is 1. The van der Waals surface area contributed by atoms with Crippen LogP contribution in [0, 0.1) is 6.92 Å². The van der Waals surface area contributed by atoms with Crippen molar-refractivity contribution >= 4 is 28.4 Å². The van der Waals surface area contributed by atoms with E-state index >= 15 is 0 Å². The second kappa shape index (κ2) is 8.95. The van der Waals surface area contributed by atoms with Crippen LogP contribution in [-0.4, -0.2) is 44.3 Å². The van der Waals surface area contributed by atoms with E-state index < -0.39 is 0 Å². The molecule has 0 aliphatic carbocycles. The Bertz CT molecular complexity index is 1190. The third kappa shape index (κ3) is 4.25. The molecule has 0 unspecified atom stereocenters. The van der Waals surface area contributed by atoms with Crippen molar-refractivity contribution in [3.8, 4) is 11.3 Å². The van der Waals surface area contributed by atoms with Crippen molar-refractivity contribution in [1.82, 2.24) is 15.0 Å². The minimum Gasteiger partial charge on any atom is -0.395 e. The predicted octanol–water partition coefficient (Wildman–Crippen LogP) is 3.46. The molecule has 4 aromatic rings. The Labute approximate surface area is 179 Å². The van der Waals surface area contributed by atoms with E-state index in [1.165, 1.54) is 11.2 Å². The van der Waals surface area contributed by atoms with E-state index in [4.69, 9.17) is 0 Å². The topological polar surface area (TPSA) is 114 Å². The van der Waals surface area contributed by atoms with Gasteiger partial charge < -0.3 is 20.5 Å². The number of fused-ring (bicyclic) bond motifs is 1.